The van der Waals surface area contributed by atoms with E-state index in [9.17, 15) is 0 Å². The van der Waals surface area contributed by atoms with Crippen molar-refractivity contribution in [3.05, 3.63) is 0 Å². The first-order chi connectivity index (χ1) is 6.42. The van der Waals surface area contributed by atoms with Crippen LogP contribution in [0.15, 0.2) is 0 Å². The standard InChI is InChI=1S/C10H15NO2/c11-6-8-2-1-4-13-10(8)9-3-5-12-7-9/h8-10H,1-5,7H2. The molecule has 2 fully saturated rings. The quantitative estimate of drug-likeness (QED) is 0.613. The van der Waals surface area contributed by atoms with Gasteiger partial charge < -0.3 is 9.47 Å². The van der Waals surface area contributed by atoms with Gasteiger partial charge in [0.1, 0.15) is 0 Å². The normalized spacial score (nSPS) is 40.1. The van der Waals surface area contributed by atoms with Gasteiger partial charge >= 0.3 is 0 Å². The second-order valence-corrected chi connectivity index (χ2v) is 3.84. The van der Waals surface area contributed by atoms with Gasteiger partial charge in [-0.3, -0.25) is 0 Å². The van der Waals surface area contributed by atoms with Gasteiger partial charge in [-0.05, 0) is 19.3 Å². The molecule has 0 N–H and O–H groups in total. The summed E-state index contributed by atoms with van der Waals surface area (Å²) in [5.74, 6) is 0.561. The van der Waals surface area contributed by atoms with Crippen LogP contribution in [0.4, 0.5) is 0 Å². The van der Waals surface area contributed by atoms with Crippen molar-refractivity contribution in [1.29, 1.82) is 5.26 Å². The van der Waals surface area contributed by atoms with Gasteiger partial charge in [-0.2, -0.15) is 5.26 Å². The minimum Gasteiger partial charge on any atom is -0.381 e. The van der Waals surface area contributed by atoms with Crippen LogP contribution in [0.2, 0.25) is 0 Å². The fourth-order valence-electron chi connectivity index (χ4n) is 2.22. The summed E-state index contributed by atoms with van der Waals surface area (Å²) >= 11 is 0. The number of nitrogens with zero attached hydrogens (tertiary/aromatic N) is 1. The van der Waals surface area contributed by atoms with Crippen LogP contribution in [-0.2, 0) is 9.47 Å². The van der Waals surface area contributed by atoms with Crippen molar-refractivity contribution in [3.63, 3.8) is 0 Å². The molecule has 0 spiro atoms. The first-order valence-corrected chi connectivity index (χ1v) is 5.01. The molecule has 2 aliphatic rings. The summed E-state index contributed by atoms with van der Waals surface area (Å²) in [6.45, 7) is 2.44. The summed E-state index contributed by atoms with van der Waals surface area (Å²) in [4.78, 5) is 0. The fraction of sp³-hybridized carbons (Fsp3) is 0.900. The van der Waals surface area contributed by atoms with Crippen LogP contribution in [0, 0.1) is 23.2 Å². The topological polar surface area (TPSA) is 42.2 Å². The third-order valence-electron chi connectivity index (χ3n) is 2.96. The molecular formula is C10H15NO2. The van der Waals surface area contributed by atoms with Crippen LogP contribution in [0.3, 0.4) is 0 Å². The summed E-state index contributed by atoms with van der Waals surface area (Å²) in [6.07, 6.45) is 3.23. The number of hydrogen-bond acceptors (Lipinski definition) is 3. The predicted octanol–water partition coefficient (Wildman–Crippen LogP) is 1.34. The lowest BCUT2D eigenvalue weighted by atomic mass is 9.86. The highest BCUT2D eigenvalue weighted by molar-refractivity contribution is 4.94. The van der Waals surface area contributed by atoms with E-state index in [0.717, 1.165) is 39.1 Å². The predicted molar refractivity (Wildman–Crippen MR) is 47.0 cm³/mol. The Hall–Kier alpha value is -0.590. The monoisotopic (exact) mass is 181 g/mol. The van der Waals surface area contributed by atoms with Crippen LogP contribution in [0.25, 0.3) is 0 Å². The third kappa shape index (κ3) is 1.84. The highest BCUT2D eigenvalue weighted by atomic mass is 16.5. The first-order valence-electron chi connectivity index (χ1n) is 5.01. The van der Waals surface area contributed by atoms with Gasteiger partial charge in [-0.15, -0.1) is 0 Å². The number of nitriles is 1. The van der Waals surface area contributed by atoms with E-state index in [1.165, 1.54) is 0 Å². The lowest BCUT2D eigenvalue weighted by Gasteiger charge is -2.30. The Bertz CT molecular complexity index is 205. The molecular weight excluding hydrogens is 166 g/mol. The van der Waals surface area contributed by atoms with E-state index in [1.54, 1.807) is 0 Å². The molecule has 3 nitrogen and oxygen atoms in total. The molecule has 0 aromatic heterocycles. The van der Waals surface area contributed by atoms with Gasteiger partial charge in [0.05, 0.1) is 24.7 Å². The maximum atomic E-state index is 8.95. The Kier molecular flexibility index (Phi) is 2.82. The van der Waals surface area contributed by atoms with Crippen molar-refractivity contribution < 1.29 is 9.47 Å². The molecule has 2 heterocycles. The van der Waals surface area contributed by atoms with Crippen molar-refractivity contribution in [2.45, 2.75) is 25.4 Å². The van der Waals surface area contributed by atoms with Crippen LogP contribution in [-0.4, -0.2) is 25.9 Å². The van der Waals surface area contributed by atoms with Gasteiger partial charge in [0, 0.05) is 19.1 Å². The summed E-state index contributed by atoms with van der Waals surface area (Å²) in [5.41, 5.74) is 0. The van der Waals surface area contributed by atoms with Gasteiger partial charge in [0.2, 0.25) is 0 Å². The molecule has 2 saturated heterocycles. The van der Waals surface area contributed by atoms with Crippen molar-refractivity contribution in [3.8, 4) is 6.07 Å². The zero-order chi connectivity index (χ0) is 9.10. The average molecular weight is 181 g/mol. The van der Waals surface area contributed by atoms with E-state index in [-0.39, 0.29) is 12.0 Å². The summed E-state index contributed by atoms with van der Waals surface area (Å²) in [7, 11) is 0. The fourth-order valence-corrected chi connectivity index (χ4v) is 2.22. The van der Waals surface area contributed by atoms with Crippen LogP contribution in [0.5, 0.6) is 0 Å². The molecule has 0 saturated carbocycles. The third-order valence-corrected chi connectivity index (χ3v) is 2.96. The molecule has 2 rings (SSSR count). The van der Waals surface area contributed by atoms with Crippen molar-refractivity contribution in [2.24, 2.45) is 11.8 Å². The minimum atomic E-state index is 0.0976. The largest absolute Gasteiger partial charge is 0.381 e. The van der Waals surface area contributed by atoms with E-state index < -0.39 is 0 Å². The molecule has 0 aromatic rings. The average Bonchev–Trinajstić information content (AvgIpc) is 2.70. The molecule has 0 bridgehead atoms. The molecule has 0 aromatic carbocycles. The van der Waals surface area contributed by atoms with Gasteiger partial charge in [0.15, 0.2) is 0 Å². The molecule has 13 heavy (non-hydrogen) atoms. The Labute approximate surface area is 78.6 Å². The molecule has 72 valence electrons. The Morgan fingerprint density at radius 2 is 2.15 bits per heavy atom. The zero-order valence-electron chi connectivity index (χ0n) is 7.74. The second kappa shape index (κ2) is 4.08. The zero-order valence-corrected chi connectivity index (χ0v) is 7.74. The van der Waals surface area contributed by atoms with Crippen molar-refractivity contribution >= 4 is 0 Å². The Morgan fingerprint density at radius 3 is 2.85 bits per heavy atom. The number of ether oxygens (including phenoxy) is 2. The van der Waals surface area contributed by atoms with Gasteiger partial charge in [-0.1, -0.05) is 0 Å². The Balaban J connectivity index is 1.98. The molecule has 3 heteroatoms. The van der Waals surface area contributed by atoms with E-state index in [2.05, 4.69) is 6.07 Å². The Morgan fingerprint density at radius 1 is 1.23 bits per heavy atom. The highest BCUT2D eigenvalue weighted by Gasteiger charge is 2.34. The lowest BCUT2D eigenvalue weighted by Crippen LogP contribution is -2.35. The molecule has 0 radical (unpaired) electrons. The highest BCUT2D eigenvalue weighted by Crippen LogP contribution is 2.30. The second-order valence-electron chi connectivity index (χ2n) is 3.84. The molecule has 0 amide bonds. The summed E-state index contributed by atoms with van der Waals surface area (Å²) in [5, 5.41) is 8.95. The van der Waals surface area contributed by atoms with E-state index >= 15 is 0 Å². The first kappa shape index (κ1) is 8.98. The van der Waals surface area contributed by atoms with E-state index in [1.807, 2.05) is 0 Å². The van der Waals surface area contributed by atoms with E-state index in [0.29, 0.717) is 5.92 Å². The van der Waals surface area contributed by atoms with Gasteiger partial charge in [-0.25, -0.2) is 0 Å². The molecule has 3 atom stereocenters. The van der Waals surface area contributed by atoms with Crippen molar-refractivity contribution in [2.75, 3.05) is 19.8 Å². The smallest absolute Gasteiger partial charge is 0.0784 e. The van der Waals surface area contributed by atoms with Crippen LogP contribution < -0.4 is 0 Å². The van der Waals surface area contributed by atoms with Crippen LogP contribution in [0.1, 0.15) is 19.3 Å². The lowest BCUT2D eigenvalue weighted by molar-refractivity contribution is -0.0453. The van der Waals surface area contributed by atoms with Gasteiger partial charge in [0.25, 0.3) is 0 Å². The number of hydrogen-bond donors (Lipinski definition) is 0. The summed E-state index contributed by atoms with van der Waals surface area (Å²) in [6, 6.07) is 2.35. The maximum Gasteiger partial charge on any atom is 0.0784 e. The molecule has 3 unspecified atom stereocenters. The summed E-state index contributed by atoms with van der Waals surface area (Å²) < 4.78 is 11.0. The maximum absolute atomic E-state index is 8.95. The SMILES string of the molecule is N#CC1CCCOC1C1CCOC1. The van der Waals surface area contributed by atoms with Crippen LogP contribution >= 0.6 is 0 Å². The molecule has 0 aliphatic carbocycles. The van der Waals surface area contributed by atoms with Crippen molar-refractivity contribution in [1.82, 2.24) is 0 Å². The number of rotatable bonds is 1. The molecule has 2 aliphatic heterocycles. The minimum absolute atomic E-state index is 0.0976. The van der Waals surface area contributed by atoms with E-state index in [4.69, 9.17) is 14.7 Å².